The highest BCUT2D eigenvalue weighted by atomic mass is 32.1. The zero-order valence-electron chi connectivity index (χ0n) is 9.73. The Balaban J connectivity index is 2.01. The van der Waals surface area contributed by atoms with E-state index in [0.29, 0.717) is 18.0 Å². The molecule has 0 spiro atoms. The first kappa shape index (κ1) is 11.1. The predicted octanol–water partition coefficient (Wildman–Crippen LogP) is 3.23. The van der Waals surface area contributed by atoms with Crippen LogP contribution in [0.3, 0.4) is 0 Å². The maximum Gasteiger partial charge on any atom is 0.110 e. The average molecular weight is 224 g/mol. The van der Waals surface area contributed by atoms with E-state index in [9.17, 15) is 0 Å². The molecule has 1 aliphatic carbocycles. The number of nitrogens with one attached hydrogen (secondary N) is 1. The van der Waals surface area contributed by atoms with Crippen LogP contribution in [0.1, 0.15) is 44.7 Å². The van der Waals surface area contributed by atoms with Crippen LogP contribution < -0.4 is 5.32 Å². The topological polar surface area (TPSA) is 24.9 Å². The molecule has 0 aliphatic heterocycles. The number of thiazole rings is 1. The molecule has 1 aliphatic rings. The summed E-state index contributed by atoms with van der Waals surface area (Å²) < 4.78 is 0. The van der Waals surface area contributed by atoms with Crippen molar-refractivity contribution in [2.45, 2.75) is 45.7 Å². The summed E-state index contributed by atoms with van der Waals surface area (Å²) in [5.74, 6) is 1.52. The Morgan fingerprint density at radius 3 is 2.60 bits per heavy atom. The van der Waals surface area contributed by atoms with Crippen LogP contribution in [0.5, 0.6) is 0 Å². The lowest BCUT2D eigenvalue weighted by atomic mass is 10.0. The van der Waals surface area contributed by atoms with Gasteiger partial charge in [-0.1, -0.05) is 13.8 Å². The highest BCUT2D eigenvalue weighted by molar-refractivity contribution is 7.09. The number of hydrogen-bond donors (Lipinski definition) is 1. The highest BCUT2D eigenvalue weighted by Gasteiger charge is 2.34. The average Bonchev–Trinajstić information content (AvgIpc) is 2.89. The molecule has 15 heavy (non-hydrogen) atoms. The molecule has 1 heterocycles. The summed E-state index contributed by atoms with van der Waals surface area (Å²) >= 11 is 1.78. The fraction of sp³-hybridized carbons (Fsp3) is 0.750. The molecule has 0 aromatic carbocycles. The quantitative estimate of drug-likeness (QED) is 0.830. The van der Waals surface area contributed by atoms with Gasteiger partial charge in [0.2, 0.25) is 0 Å². The van der Waals surface area contributed by atoms with Crippen molar-refractivity contribution in [1.29, 1.82) is 0 Å². The van der Waals surface area contributed by atoms with Crippen LogP contribution >= 0.6 is 11.3 Å². The first-order valence-electron chi connectivity index (χ1n) is 5.84. The second-order valence-electron chi connectivity index (χ2n) is 4.88. The molecular formula is C12H20N2S. The van der Waals surface area contributed by atoms with Gasteiger partial charge >= 0.3 is 0 Å². The molecule has 1 aromatic rings. The highest BCUT2D eigenvalue weighted by Crippen LogP contribution is 2.41. The number of hydrogen-bond acceptors (Lipinski definition) is 3. The summed E-state index contributed by atoms with van der Waals surface area (Å²) in [7, 11) is 0. The maximum absolute atomic E-state index is 4.45. The minimum Gasteiger partial charge on any atom is -0.305 e. The van der Waals surface area contributed by atoms with E-state index in [4.69, 9.17) is 0 Å². The standard InChI is InChI=1S/C12H20N2S/c1-8(2)9(3)14-11(10-4-5-10)12-13-6-7-15-12/h6-11,14H,4-5H2,1-3H3. The molecule has 2 nitrogen and oxygen atoms in total. The van der Waals surface area contributed by atoms with Gasteiger partial charge < -0.3 is 5.32 Å². The van der Waals surface area contributed by atoms with Gasteiger partial charge in [0.25, 0.3) is 0 Å². The zero-order chi connectivity index (χ0) is 10.8. The fourth-order valence-corrected chi connectivity index (χ4v) is 2.49. The molecule has 1 N–H and O–H groups in total. The Morgan fingerprint density at radius 1 is 1.40 bits per heavy atom. The summed E-state index contributed by atoms with van der Waals surface area (Å²) in [6.07, 6.45) is 4.64. The van der Waals surface area contributed by atoms with Crippen LogP contribution in [0, 0.1) is 11.8 Å². The Kier molecular flexibility index (Phi) is 3.42. The van der Waals surface area contributed by atoms with Crippen molar-refractivity contribution in [2.75, 3.05) is 0 Å². The van der Waals surface area contributed by atoms with Gasteiger partial charge in [-0.3, -0.25) is 0 Å². The van der Waals surface area contributed by atoms with Gasteiger partial charge in [-0.25, -0.2) is 4.98 Å². The molecule has 0 radical (unpaired) electrons. The molecule has 1 aromatic heterocycles. The van der Waals surface area contributed by atoms with Gasteiger partial charge in [-0.2, -0.15) is 0 Å². The molecule has 0 amide bonds. The van der Waals surface area contributed by atoms with Crippen LogP contribution in [-0.2, 0) is 0 Å². The van der Waals surface area contributed by atoms with Gasteiger partial charge in [0, 0.05) is 17.6 Å². The third-order valence-electron chi connectivity index (χ3n) is 3.25. The predicted molar refractivity (Wildman–Crippen MR) is 65.0 cm³/mol. The Labute approximate surface area is 96.1 Å². The first-order chi connectivity index (χ1) is 7.18. The Hall–Kier alpha value is -0.410. The van der Waals surface area contributed by atoms with Crippen molar-refractivity contribution in [2.24, 2.45) is 11.8 Å². The second-order valence-corrected chi connectivity index (χ2v) is 5.81. The summed E-state index contributed by atoms with van der Waals surface area (Å²) in [5.41, 5.74) is 0. The number of rotatable bonds is 5. The smallest absolute Gasteiger partial charge is 0.110 e. The largest absolute Gasteiger partial charge is 0.305 e. The van der Waals surface area contributed by atoms with E-state index in [0.717, 1.165) is 5.92 Å². The van der Waals surface area contributed by atoms with Crippen LogP contribution in [-0.4, -0.2) is 11.0 Å². The second kappa shape index (κ2) is 4.62. The first-order valence-corrected chi connectivity index (χ1v) is 6.72. The SMILES string of the molecule is CC(C)C(C)NC(c1nccs1)C1CC1. The minimum atomic E-state index is 0.502. The third kappa shape index (κ3) is 2.79. The van der Waals surface area contributed by atoms with E-state index in [-0.39, 0.29) is 0 Å². The number of nitrogens with zero attached hydrogens (tertiary/aromatic N) is 1. The van der Waals surface area contributed by atoms with Gasteiger partial charge in [0.15, 0.2) is 0 Å². The van der Waals surface area contributed by atoms with E-state index < -0.39 is 0 Å². The molecule has 1 saturated carbocycles. The molecule has 0 bridgehead atoms. The van der Waals surface area contributed by atoms with E-state index in [2.05, 4.69) is 36.5 Å². The molecular weight excluding hydrogens is 204 g/mol. The maximum atomic E-state index is 4.45. The normalized spacial score (nSPS) is 20.5. The lowest BCUT2D eigenvalue weighted by Gasteiger charge is -2.24. The van der Waals surface area contributed by atoms with Gasteiger partial charge in [0.05, 0.1) is 6.04 Å². The fourth-order valence-electron chi connectivity index (χ4n) is 1.70. The lowest BCUT2D eigenvalue weighted by Crippen LogP contribution is -2.35. The van der Waals surface area contributed by atoms with Crippen LogP contribution in [0.4, 0.5) is 0 Å². The summed E-state index contributed by atoms with van der Waals surface area (Å²) in [5, 5.41) is 7.07. The lowest BCUT2D eigenvalue weighted by molar-refractivity contribution is 0.354. The Morgan fingerprint density at radius 2 is 2.13 bits per heavy atom. The molecule has 2 rings (SSSR count). The van der Waals surface area contributed by atoms with Crippen molar-refractivity contribution in [1.82, 2.24) is 10.3 Å². The van der Waals surface area contributed by atoms with Crippen molar-refractivity contribution >= 4 is 11.3 Å². The summed E-state index contributed by atoms with van der Waals surface area (Å²) in [6.45, 7) is 6.81. The van der Waals surface area contributed by atoms with E-state index in [1.54, 1.807) is 11.3 Å². The van der Waals surface area contributed by atoms with Crippen LogP contribution in [0.15, 0.2) is 11.6 Å². The van der Waals surface area contributed by atoms with Gasteiger partial charge in [0.1, 0.15) is 5.01 Å². The molecule has 3 heteroatoms. The molecule has 0 saturated heterocycles. The third-order valence-corrected chi connectivity index (χ3v) is 4.11. The van der Waals surface area contributed by atoms with Crippen molar-refractivity contribution in [3.8, 4) is 0 Å². The van der Waals surface area contributed by atoms with Gasteiger partial charge in [-0.05, 0) is 31.6 Å². The van der Waals surface area contributed by atoms with E-state index in [1.165, 1.54) is 17.8 Å². The molecule has 84 valence electrons. The summed E-state index contributed by atoms with van der Waals surface area (Å²) in [6, 6.07) is 1.07. The minimum absolute atomic E-state index is 0.502. The molecule has 2 atom stereocenters. The van der Waals surface area contributed by atoms with Gasteiger partial charge in [-0.15, -0.1) is 11.3 Å². The van der Waals surface area contributed by atoms with E-state index >= 15 is 0 Å². The molecule has 1 fully saturated rings. The van der Waals surface area contributed by atoms with Crippen LogP contribution in [0.25, 0.3) is 0 Å². The molecule has 2 unspecified atom stereocenters. The van der Waals surface area contributed by atoms with E-state index in [1.807, 2.05) is 6.20 Å². The van der Waals surface area contributed by atoms with Crippen molar-refractivity contribution < 1.29 is 0 Å². The number of aromatic nitrogens is 1. The monoisotopic (exact) mass is 224 g/mol. The van der Waals surface area contributed by atoms with Crippen molar-refractivity contribution in [3.63, 3.8) is 0 Å². The van der Waals surface area contributed by atoms with Crippen molar-refractivity contribution in [3.05, 3.63) is 16.6 Å². The Bertz CT molecular complexity index is 291. The van der Waals surface area contributed by atoms with Crippen LogP contribution in [0.2, 0.25) is 0 Å². The summed E-state index contributed by atoms with van der Waals surface area (Å²) in [4.78, 5) is 4.45. The zero-order valence-corrected chi connectivity index (χ0v) is 10.6.